The lowest BCUT2D eigenvalue weighted by Crippen LogP contribution is -2.51. The van der Waals surface area contributed by atoms with Crippen LogP contribution in [0.15, 0.2) is 29.2 Å². The summed E-state index contributed by atoms with van der Waals surface area (Å²) in [6.45, 7) is 1.11. The number of rotatable bonds is 6. The van der Waals surface area contributed by atoms with E-state index in [1.165, 1.54) is 10.6 Å². The van der Waals surface area contributed by atoms with Crippen LogP contribution in [0.25, 0.3) is 0 Å². The van der Waals surface area contributed by atoms with Crippen LogP contribution in [-0.4, -0.2) is 39.4 Å². The first-order valence-electron chi connectivity index (χ1n) is 5.69. The third-order valence-corrected chi connectivity index (χ3v) is 2.62. The lowest BCUT2D eigenvalue weighted by Gasteiger charge is -2.26. The van der Waals surface area contributed by atoms with Crippen LogP contribution in [0.3, 0.4) is 0 Å². The van der Waals surface area contributed by atoms with E-state index in [2.05, 4.69) is 5.32 Å². The van der Waals surface area contributed by atoms with Crippen molar-refractivity contribution in [1.29, 1.82) is 0 Å². The van der Waals surface area contributed by atoms with E-state index >= 15 is 0 Å². The fourth-order valence-electron chi connectivity index (χ4n) is 1.40. The molecule has 0 fully saturated rings. The van der Waals surface area contributed by atoms with Crippen molar-refractivity contribution in [3.63, 3.8) is 0 Å². The van der Waals surface area contributed by atoms with Crippen molar-refractivity contribution in [3.8, 4) is 0 Å². The van der Waals surface area contributed by atoms with E-state index in [0.717, 1.165) is 0 Å². The fraction of sp³-hybridized carbons (Fsp3) is 0.500. The number of hydrogen-bond acceptors (Lipinski definition) is 4. The van der Waals surface area contributed by atoms with Gasteiger partial charge in [0.1, 0.15) is 0 Å². The standard InChI is InChI=1S/C12H18N2O4/c1-12(8-15,9-16)13-10(17)5-7-14-6-3-2-4-11(14)18/h2-4,6,15-16H,5,7-9H2,1H3,(H,13,17). The molecule has 0 saturated carbocycles. The molecule has 1 amide bonds. The van der Waals surface area contributed by atoms with E-state index in [0.29, 0.717) is 0 Å². The van der Waals surface area contributed by atoms with Crippen LogP contribution < -0.4 is 10.9 Å². The van der Waals surface area contributed by atoms with Gasteiger partial charge < -0.3 is 20.1 Å². The highest BCUT2D eigenvalue weighted by atomic mass is 16.3. The second-order valence-electron chi connectivity index (χ2n) is 4.41. The quantitative estimate of drug-likeness (QED) is 0.613. The second-order valence-corrected chi connectivity index (χ2v) is 4.41. The van der Waals surface area contributed by atoms with Gasteiger partial charge in [-0.05, 0) is 13.0 Å². The molecule has 100 valence electrons. The van der Waals surface area contributed by atoms with Crippen molar-refractivity contribution < 1.29 is 15.0 Å². The maximum atomic E-state index is 11.6. The summed E-state index contributed by atoms with van der Waals surface area (Å²) in [5, 5.41) is 20.6. The number of amides is 1. The number of carbonyl (C=O) groups is 1. The molecule has 6 heteroatoms. The zero-order chi connectivity index (χ0) is 13.6. The average Bonchev–Trinajstić information content (AvgIpc) is 2.37. The summed E-state index contributed by atoms with van der Waals surface area (Å²) in [5.41, 5.74) is -1.20. The fourth-order valence-corrected chi connectivity index (χ4v) is 1.40. The molecule has 0 atom stereocenters. The van der Waals surface area contributed by atoms with Crippen molar-refractivity contribution in [1.82, 2.24) is 9.88 Å². The summed E-state index contributed by atoms with van der Waals surface area (Å²) < 4.78 is 1.43. The normalized spacial score (nSPS) is 11.3. The monoisotopic (exact) mass is 254 g/mol. The molecule has 3 N–H and O–H groups in total. The summed E-state index contributed by atoms with van der Waals surface area (Å²) in [6.07, 6.45) is 1.71. The predicted molar refractivity (Wildman–Crippen MR) is 66.0 cm³/mol. The Balaban J connectivity index is 2.52. The van der Waals surface area contributed by atoms with Crippen molar-refractivity contribution in [2.45, 2.75) is 25.4 Å². The zero-order valence-corrected chi connectivity index (χ0v) is 10.3. The summed E-state index contributed by atoms with van der Waals surface area (Å²) in [5.74, 6) is -0.323. The Hall–Kier alpha value is -1.66. The van der Waals surface area contributed by atoms with E-state index < -0.39 is 5.54 Å². The van der Waals surface area contributed by atoms with Crippen LogP contribution in [0.2, 0.25) is 0 Å². The van der Waals surface area contributed by atoms with Crippen molar-refractivity contribution in [2.75, 3.05) is 13.2 Å². The molecule has 0 aliphatic heterocycles. The molecule has 0 aromatic carbocycles. The van der Waals surface area contributed by atoms with Crippen molar-refractivity contribution in [2.24, 2.45) is 0 Å². The minimum atomic E-state index is -1.03. The topological polar surface area (TPSA) is 91.6 Å². The average molecular weight is 254 g/mol. The van der Waals surface area contributed by atoms with Gasteiger partial charge in [0, 0.05) is 25.2 Å². The summed E-state index contributed by atoms with van der Waals surface area (Å²) in [4.78, 5) is 23.0. The number of nitrogens with zero attached hydrogens (tertiary/aromatic N) is 1. The molecule has 0 bridgehead atoms. The Labute approximate surface area is 105 Å². The number of pyridine rings is 1. The van der Waals surface area contributed by atoms with E-state index in [4.69, 9.17) is 10.2 Å². The Morgan fingerprint density at radius 1 is 1.39 bits per heavy atom. The largest absolute Gasteiger partial charge is 0.394 e. The maximum absolute atomic E-state index is 11.6. The highest BCUT2D eigenvalue weighted by Gasteiger charge is 2.24. The predicted octanol–water partition coefficient (Wildman–Crippen LogP) is -0.902. The van der Waals surface area contributed by atoms with Gasteiger partial charge in [0.15, 0.2) is 0 Å². The van der Waals surface area contributed by atoms with Crippen LogP contribution >= 0.6 is 0 Å². The summed E-state index contributed by atoms with van der Waals surface area (Å²) >= 11 is 0. The number of nitrogens with one attached hydrogen (secondary N) is 1. The lowest BCUT2D eigenvalue weighted by atomic mass is 10.1. The molecule has 1 heterocycles. The van der Waals surface area contributed by atoms with Crippen LogP contribution in [0.4, 0.5) is 0 Å². The molecule has 0 unspecified atom stereocenters. The highest BCUT2D eigenvalue weighted by Crippen LogP contribution is 2.01. The van der Waals surface area contributed by atoms with Gasteiger partial charge in [-0.1, -0.05) is 6.07 Å². The van der Waals surface area contributed by atoms with Gasteiger partial charge in [-0.3, -0.25) is 9.59 Å². The molecule has 1 aromatic rings. The van der Waals surface area contributed by atoms with Gasteiger partial charge >= 0.3 is 0 Å². The summed E-state index contributed by atoms with van der Waals surface area (Å²) in [7, 11) is 0. The molecule has 6 nitrogen and oxygen atoms in total. The van der Waals surface area contributed by atoms with Gasteiger partial charge in [0.25, 0.3) is 5.56 Å². The lowest BCUT2D eigenvalue weighted by molar-refractivity contribution is -0.124. The van der Waals surface area contributed by atoms with Gasteiger partial charge in [-0.25, -0.2) is 0 Å². The summed E-state index contributed by atoms with van der Waals surface area (Å²) in [6, 6.07) is 4.77. The van der Waals surface area contributed by atoms with E-state index in [9.17, 15) is 9.59 Å². The minimum absolute atomic E-state index is 0.111. The molecule has 0 radical (unpaired) electrons. The van der Waals surface area contributed by atoms with Gasteiger partial charge in [-0.2, -0.15) is 0 Å². The van der Waals surface area contributed by atoms with Gasteiger partial charge in [-0.15, -0.1) is 0 Å². The van der Waals surface area contributed by atoms with Crippen LogP contribution in [0.5, 0.6) is 0 Å². The van der Waals surface area contributed by atoms with Crippen LogP contribution in [0, 0.1) is 0 Å². The SMILES string of the molecule is CC(CO)(CO)NC(=O)CCn1ccccc1=O. The second kappa shape index (κ2) is 6.32. The molecule has 0 aliphatic carbocycles. The van der Waals surface area contributed by atoms with Crippen molar-refractivity contribution >= 4 is 5.91 Å². The van der Waals surface area contributed by atoms with Gasteiger partial charge in [0.2, 0.25) is 5.91 Å². The molecule has 18 heavy (non-hydrogen) atoms. The van der Waals surface area contributed by atoms with E-state index in [-0.39, 0.29) is 37.6 Å². The molecule has 0 aliphatic rings. The molecular formula is C12H18N2O4. The Morgan fingerprint density at radius 3 is 2.61 bits per heavy atom. The van der Waals surface area contributed by atoms with Crippen molar-refractivity contribution in [3.05, 3.63) is 34.7 Å². The Bertz CT molecular complexity index is 451. The Kier molecular flexibility index (Phi) is 5.06. The molecule has 1 aromatic heterocycles. The first-order chi connectivity index (χ1) is 8.50. The maximum Gasteiger partial charge on any atom is 0.250 e. The number of carbonyl (C=O) groups excluding carboxylic acids is 1. The highest BCUT2D eigenvalue weighted by molar-refractivity contribution is 5.76. The number of hydrogen-bond donors (Lipinski definition) is 3. The number of aliphatic hydroxyl groups is 2. The molecule has 0 saturated heterocycles. The first kappa shape index (κ1) is 14.4. The third-order valence-electron chi connectivity index (χ3n) is 2.62. The molecule has 0 spiro atoms. The van der Waals surface area contributed by atoms with E-state index in [1.54, 1.807) is 25.3 Å². The first-order valence-corrected chi connectivity index (χ1v) is 5.69. The zero-order valence-electron chi connectivity index (χ0n) is 10.3. The minimum Gasteiger partial charge on any atom is -0.394 e. The van der Waals surface area contributed by atoms with Crippen LogP contribution in [-0.2, 0) is 11.3 Å². The molecule has 1 rings (SSSR count). The van der Waals surface area contributed by atoms with E-state index in [1.807, 2.05) is 0 Å². The molecular weight excluding hydrogens is 236 g/mol. The number of aromatic nitrogens is 1. The third kappa shape index (κ3) is 3.97. The smallest absolute Gasteiger partial charge is 0.250 e. The van der Waals surface area contributed by atoms with Gasteiger partial charge in [0.05, 0.1) is 18.8 Å². The number of aryl methyl sites for hydroxylation is 1. The van der Waals surface area contributed by atoms with Crippen LogP contribution in [0.1, 0.15) is 13.3 Å². The Morgan fingerprint density at radius 2 is 2.06 bits per heavy atom. The number of aliphatic hydroxyl groups excluding tert-OH is 2.